The molecule has 8 heteroatoms. The lowest BCUT2D eigenvalue weighted by molar-refractivity contribution is -0.389. The van der Waals surface area contributed by atoms with E-state index in [4.69, 9.17) is 11.6 Å². The highest BCUT2D eigenvalue weighted by atomic mass is 35.5. The van der Waals surface area contributed by atoms with Gasteiger partial charge in [-0.15, -0.1) is 0 Å². The van der Waals surface area contributed by atoms with Gasteiger partial charge < -0.3 is 15.4 Å². The molecule has 1 aromatic heterocycles. The Morgan fingerprint density at radius 3 is 2.82 bits per heavy atom. The van der Waals surface area contributed by atoms with Crippen molar-refractivity contribution in [3.63, 3.8) is 0 Å². The van der Waals surface area contributed by atoms with Crippen LogP contribution in [0.4, 0.5) is 5.82 Å². The molecule has 1 aliphatic rings. The standard InChI is InChI=1S/C9H11ClN4O3/c1-5-8(10)9(14(16)17)12-13(5)4-7(15)11-6-2-3-6/h6H,2-4H2,1H3,(H,11,15). The first kappa shape index (κ1) is 11.8. The lowest BCUT2D eigenvalue weighted by Gasteiger charge is -2.01. The van der Waals surface area contributed by atoms with Crippen molar-refractivity contribution in [3.8, 4) is 0 Å². The summed E-state index contributed by atoms with van der Waals surface area (Å²) in [7, 11) is 0. The molecule has 92 valence electrons. The van der Waals surface area contributed by atoms with E-state index in [9.17, 15) is 14.9 Å². The predicted molar refractivity (Wildman–Crippen MR) is 59.8 cm³/mol. The second-order valence-corrected chi connectivity index (χ2v) is 4.36. The number of nitro groups is 1. The number of aromatic nitrogens is 2. The average Bonchev–Trinajstić information content (AvgIpc) is 3.00. The van der Waals surface area contributed by atoms with Crippen molar-refractivity contribution >= 4 is 23.3 Å². The molecule has 1 N–H and O–H groups in total. The number of hydrogen-bond donors (Lipinski definition) is 1. The van der Waals surface area contributed by atoms with E-state index in [0.717, 1.165) is 12.8 Å². The number of carbonyl (C=O) groups excluding carboxylic acids is 1. The lowest BCUT2D eigenvalue weighted by Crippen LogP contribution is -2.30. The maximum absolute atomic E-state index is 11.5. The molecule has 7 nitrogen and oxygen atoms in total. The minimum Gasteiger partial charge on any atom is -0.358 e. The van der Waals surface area contributed by atoms with Crippen molar-refractivity contribution in [2.24, 2.45) is 0 Å². The van der Waals surface area contributed by atoms with Gasteiger partial charge in [0.1, 0.15) is 6.54 Å². The van der Waals surface area contributed by atoms with Gasteiger partial charge in [0.05, 0.1) is 10.8 Å². The molecule has 0 aromatic carbocycles. The van der Waals surface area contributed by atoms with Crippen LogP contribution in [-0.2, 0) is 11.3 Å². The van der Waals surface area contributed by atoms with Gasteiger partial charge in [-0.2, -0.15) is 4.68 Å². The first-order chi connectivity index (χ1) is 7.99. The molecular weight excluding hydrogens is 248 g/mol. The molecule has 1 amide bonds. The molecule has 1 saturated carbocycles. The Hall–Kier alpha value is -1.63. The molecule has 0 saturated heterocycles. The van der Waals surface area contributed by atoms with Crippen LogP contribution in [0.5, 0.6) is 0 Å². The number of carbonyl (C=O) groups is 1. The molecule has 1 aromatic rings. The summed E-state index contributed by atoms with van der Waals surface area (Å²) in [6.45, 7) is 1.54. The number of nitrogens with one attached hydrogen (secondary N) is 1. The average molecular weight is 259 g/mol. The van der Waals surface area contributed by atoms with E-state index in [1.807, 2.05) is 0 Å². The molecular formula is C9H11ClN4O3. The third-order valence-electron chi connectivity index (χ3n) is 2.53. The Bertz CT molecular complexity index is 481. The summed E-state index contributed by atoms with van der Waals surface area (Å²) in [4.78, 5) is 21.5. The SMILES string of the molecule is Cc1c(Cl)c([N+](=O)[O-])nn1CC(=O)NC1CC1. The molecule has 0 atom stereocenters. The highest BCUT2D eigenvalue weighted by Gasteiger charge is 2.27. The zero-order chi connectivity index (χ0) is 12.6. The fourth-order valence-electron chi connectivity index (χ4n) is 1.42. The number of nitrogens with zero attached hydrogens (tertiary/aromatic N) is 3. The zero-order valence-electron chi connectivity index (χ0n) is 9.14. The van der Waals surface area contributed by atoms with Crippen LogP contribution in [0.2, 0.25) is 5.02 Å². The molecule has 2 rings (SSSR count). The minimum absolute atomic E-state index is 0.0192. The molecule has 0 spiro atoms. The predicted octanol–water partition coefficient (Wildman–Crippen LogP) is 1.03. The molecule has 0 bridgehead atoms. The highest BCUT2D eigenvalue weighted by molar-refractivity contribution is 6.33. The Balaban J connectivity index is 2.12. The summed E-state index contributed by atoms with van der Waals surface area (Å²) in [5.41, 5.74) is 0.421. The summed E-state index contributed by atoms with van der Waals surface area (Å²) in [5.74, 6) is -0.618. The Kier molecular flexibility index (Phi) is 3.01. The largest absolute Gasteiger partial charge is 0.408 e. The Morgan fingerprint density at radius 1 is 1.71 bits per heavy atom. The highest BCUT2D eigenvalue weighted by Crippen LogP contribution is 2.26. The van der Waals surface area contributed by atoms with Crippen LogP contribution in [0.15, 0.2) is 0 Å². The number of amides is 1. The summed E-state index contributed by atoms with van der Waals surface area (Å²) in [6, 6.07) is 0.254. The van der Waals surface area contributed by atoms with Gasteiger partial charge in [0.15, 0.2) is 5.02 Å². The summed E-state index contributed by atoms with van der Waals surface area (Å²) in [5, 5.41) is 17.1. The van der Waals surface area contributed by atoms with Gasteiger partial charge in [-0.1, -0.05) is 11.6 Å². The quantitative estimate of drug-likeness (QED) is 0.645. The van der Waals surface area contributed by atoms with Crippen LogP contribution in [0, 0.1) is 17.0 Å². The summed E-state index contributed by atoms with van der Waals surface area (Å²) in [6.07, 6.45) is 1.98. The second kappa shape index (κ2) is 4.33. The molecule has 17 heavy (non-hydrogen) atoms. The Morgan fingerprint density at radius 2 is 2.35 bits per heavy atom. The number of halogens is 1. The van der Waals surface area contributed by atoms with E-state index in [-0.39, 0.29) is 23.5 Å². The fourth-order valence-corrected chi connectivity index (χ4v) is 1.62. The van der Waals surface area contributed by atoms with Crippen LogP contribution >= 0.6 is 11.6 Å². The maximum atomic E-state index is 11.5. The molecule has 0 radical (unpaired) electrons. The second-order valence-electron chi connectivity index (χ2n) is 3.98. The first-order valence-electron chi connectivity index (χ1n) is 5.15. The lowest BCUT2D eigenvalue weighted by atomic mass is 10.4. The minimum atomic E-state index is -0.662. The van der Waals surface area contributed by atoms with E-state index >= 15 is 0 Å². The van der Waals surface area contributed by atoms with Gasteiger partial charge in [0.25, 0.3) is 0 Å². The summed E-state index contributed by atoms with van der Waals surface area (Å²) < 4.78 is 1.25. The monoisotopic (exact) mass is 258 g/mol. The fraction of sp³-hybridized carbons (Fsp3) is 0.556. The number of hydrogen-bond acceptors (Lipinski definition) is 4. The summed E-state index contributed by atoms with van der Waals surface area (Å²) >= 11 is 5.75. The van der Waals surface area contributed by atoms with Crippen molar-refractivity contribution in [1.29, 1.82) is 0 Å². The van der Waals surface area contributed by atoms with Crippen LogP contribution in [-0.4, -0.2) is 26.7 Å². The van der Waals surface area contributed by atoms with Gasteiger partial charge in [0.2, 0.25) is 5.91 Å². The van der Waals surface area contributed by atoms with Gasteiger partial charge in [-0.3, -0.25) is 4.79 Å². The maximum Gasteiger partial charge on any atom is 0.408 e. The van der Waals surface area contributed by atoms with Crippen molar-refractivity contribution in [2.75, 3.05) is 0 Å². The van der Waals surface area contributed by atoms with E-state index < -0.39 is 10.7 Å². The van der Waals surface area contributed by atoms with Gasteiger partial charge in [0, 0.05) is 6.04 Å². The molecule has 1 aliphatic carbocycles. The Labute approximate surface area is 102 Å². The smallest absolute Gasteiger partial charge is 0.358 e. The van der Waals surface area contributed by atoms with E-state index in [1.54, 1.807) is 6.92 Å². The van der Waals surface area contributed by atoms with Crippen LogP contribution < -0.4 is 5.32 Å². The number of rotatable bonds is 4. The normalized spacial score (nSPS) is 14.7. The molecule has 1 fully saturated rings. The van der Waals surface area contributed by atoms with E-state index in [2.05, 4.69) is 10.4 Å². The third kappa shape index (κ3) is 2.55. The topological polar surface area (TPSA) is 90.1 Å². The van der Waals surface area contributed by atoms with Crippen molar-refractivity contribution in [2.45, 2.75) is 32.4 Å². The van der Waals surface area contributed by atoms with Gasteiger partial charge >= 0.3 is 5.82 Å². The zero-order valence-corrected chi connectivity index (χ0v) is 9.90. The van der Waals surface area contributed by atoms with E-state index in [0.29, 0.717) is 5.69 Å². The first-order valence-corrected chi connectivity index (χ1v) is 5.53. The molecule has 1 heterocycles. The van der Waals surface area contributed by atoms with Gasteiger partial charge in [-0.25, -0.2) is 0 Å². The van der Waals surface area contributed by atoms with Crippen molar-refractivity contribution in [1.82, 2.24) is 15.1 Å². The van der Waals surface area contributed by atoms with Crippen LogP contribution in [0.25, 0.3) is 0 Å². The van der Waals surface area contributed by atoms with Crippen molar-refractivity contribution < 1.29 is 9.72 Å². The third-order valence-corrected chi connectivity index (χ3v) is 2.97. The molecule has 0 unspecified atom stereocenters. The van der Waals surface area contributed by atoms with Crippen LogP contribution in [0.3, 0.4) is 0 Å². The van der Waals surface area contributed by atoms with Crippen molar-refractivity contribution in [3.05, 3.63) is 20.8 Å². The van der Waals surface area contributed by atoms with E-state index in [1.165, 1.54) is 4.68 Å². The van der Waals surface area contributed by atoms with Gasteiger partial charge in [-0.05, 0) is 24.7 Å². The molecule has 0 aliphatic heterocycles. The van der Waals surface area contributed by atoms with Crippen LogP contribution in [0.1, 0.15) is 18.5 Å².